The zero-order chi connectivity index (χ0) is 42.3. The van der Waals surface area contributed by atoms with Crippen molar-refractivity contribution >= 4 is 19.8 Å². The number of hydrogen-bond acceptors (Lipinski definition) is 8. The van der Waals surface area contributed by atoms with Crippen LogP contribution < -0.4 is 0 Å². The van der Waals surface area contributed by atoms with E-state index < -0.39 is 38.6 Å². The number of nitrogens with zero attached hydrogens (tertiary/aromatic N) is 1. The van der Waals surface area contributed by atoms with E-state index >= 15 is 0 Å². The number of rotatable bonds is 39. The van der Waals surface area contributed by atoms with Crippen LogP contribution in [0.3, 0.4) is 0 Å². The largest absolute Gasteiger partial charge is 0.472 e. The Hall–Kier alpha value is -2.33. The number of allylic oxidation sites excluding steroid dienone is 8. The van der Waals surface area contributed by atoms with Gasteiger partial charge in [0, 0.05) is 12.8 Å². The highest BCUT2D eigenvalue weighted by Crippen LogP contribution is 2.43. The number of likely N-dealkylation sites (N-methyl/N-ethyl adjacent to an activating group) is 1. The van der Waals surface area contributed by atoms with Gasteiger partial charge in [0.2, 0.25) is 0 Å². The van der Waals surface area contributed by atoms with E-state index in [1.807, 2.05) is 57.6 Å². The Morgan fingerprint density at radius 3 is 1.82 bits per heavy atom. The van der Waals surface area contributed by atoms with Crippen molar-refractivity contribution in [2.24, 2.45) is 0 Å². The molecular formula is C46H83NO9P+. The molecular weight excluding hydrogens is 741 g/mol. The summed E-state index contributed by atoms with van der Waals surface area (Å²) in [6.07, 6.45) is 41.6. The number of carbonyl (C=O) groups is 2. The molecule has 0 heterocycles. The molecule has 0 aliphatic rings. The van der Waals surface area contributed by atoms with E-state index in [-0.39, 0.29) is 26.1 Å². The molecule has 3 unspecified atom stereocenters. The Balaban J connectivity index is 4.52. The fourth-order valence-electron chi connectivity index (χ4n) is 5.66. The molecule has 0 aliphatic carbocycles. The van der Waals surface area contributed by atoms with Crippen molar-refractivity contribution in [1.82, 2.24) is 0 Å². The average molecular weight is 825 g/mol. The van der Waals surface area contributed by atoms with Gasteiger partial charge in [0.05, 0.1) is 33.9 Å². The van der Waals surface area contributed by atoms with Crippen molar-refractivity contribution in [3.8, 4) is 0 Å². The lowest BCUT2D eigenvalue weighted by molar-refractivity contribution is -0.870. The molecule has 0 bridgehead atoms. The molecule has 0 radical (unpaired) electrons. The summed E-state index contributed by atoms with van der Waals surface area (Å²) in [5, 5.41) is 10.0. The van der Waals surface area contributed by atoms with Crippen molar-refractivity contribution < 1.29 is 47.2 Å². The van der Waals surface area contributed by atoms with Gasteiger partial charge in [-0.1, -0.05) is 164 Å². The molecule has 0 aromatic rings. The first-order valence-electron chi connectivity index (χ1n) is 22.1. The minimum absolute atomic E-state index is 0.00848. The van der Waals surface area contributed by atoms with Crippen molar-refractivity contribution in [2.75, 3.05) is 47.5 Å². The van der Waals surface area contributed by atoms with E-state index in [4.69, 9.17) is 18.5 Å². The van der Waals surface area contributed by atoms with E-state index in [2.05, 4.69) is 32.1 Å². The molecule has 0 fully saturated rings. The highest BCUT2D eigenvalue weighted by atomic mass is 31.2. The predicted octanol–water partition coefficient (Wildman–Crippen LogP) is 11.4. The van der Waals surface area contributed by atoms with E-state index in [0.717, 1.165) is 38.5 Å². The van der Waals surface area contributed by atoms with Crippen LogP contribution in [0.25, 0.3) is 0 Å². The van der Waals surface area contributed by atoms with Crippen LogP contribution in [0, 0.1) is 0 Å². The average Bonchev–Trinajstić information content (AvgIpc) is 3.15. The van der Waals surface area contributed by atoms with Crippen molar-refractivity contribution in [1.29, 1.82) is 0 Å². The van der Waals surface area contributed by atoms with Crippen LogP contribution in [-0.2, 0) is 32.7 Å². The van der Waals surface area contributed by atoms with Crippen LogP contribution in [0.1, 0.15) is 162 Å². The third kappa shape index (κ3) is 41.6. The number of ether oxygens (including phenoxy) is 2. The monoisotopic (exact) mass is 825 g/mol. The summed E-state index contributed by atoms with van der Waals surface area (Å²) < 4.78 is 34.2. The van der Waals surface area contributed by atoms with Crippen LogP contribution in [0.15, 0.2) is 60.8 Å². The summed E-state index contributed by atoms with van der Waals surface area (Å²) in [4.78, 5) is 35.3. The Kier molecular flexibility index (Phi) is 36.4. The normalized spacial score (nSPS) is 14.7. The third-order valence-corrected chi connectivity index (χ3v) is 10.1. The van der Waals surface area contributed by atoms with Crippen LogP contribution in [0.2, 0.25) is 0 Å². The summed E-state index contributed by atoms with van der Waals surface area (Å²) in [5.74, 6) is -0.906. The minimum Gasteiger partial charge on any atom is -0.462 e. The summed E-state index contributed by atoms with van der Waals surface area (Å²) in [6, 6.07) is 0. The molecule has 0 rings (SSSR count). The molecule has 2 N–H and O–H groups in total. The topological polar surface area (TPSA) is 129 Å². The molecule has 0 amide bonds. The van der Waals surface area contributed by atoms with Gasteiger partial charge in [0.1, 0.15) is 19.8 Å². The van der Waals surface area contributed by atoms with Gasteiger partial charge in [-0.3, -0.25) is 18.6 Å². The van der Waals surface area contributed by atoms with Gasteiger partial charge < -0.3 is 24.0 Å². The predicted molar refractivity (Wildman–Crippen MR) is 235 cm³/mol. The second-order valence-corrected chi connectivity index (χ2v) is 17.4. The molecule has 10 nitrogen and oxygen atoms in total. The molecule has 330 valence electrons. The number of hydrogen-bond donors (Lipinski definition) is 2. The molecule has 0 saturated heterocycles. The maximum absolute atomic E-state index is 12.7. The van der Waals surface area contributed by atoms with E-state index in [9.17, 15) is 24.2 Å². The first-order chi connectivity index (χ1) is 27.4. The standard InChI is InChI=1S/C46H82NO9P/c1-6-8-10-12-14-15-16-17-18-19-20-21-25-29-33-37-45(49)53-41-44(42-55-57(51,52)54-40-39-47(3,4)5)56-46(50)38-34-30-26-23-22-24-28-32-36-43(48)35-31-27-13-11-9-7-2/h9,11,23-24,26-28,31-32,36,43-44,48H,6-8,10,12-22,25,29-30,33-35,37-42H2,1-5H3/p+1/b11-9-,26-23-,28-24-,31-27-,36-32+. The van der Waals surface area contributed by atoms with Crippen LogP contribution in [-0.4, -0.2) is 86.1 Å². The highest BCUT2D eigenvalue weighted by molar-refractivity contribution is 7.47. The first-order valence-corrected chi connectivity index (χ1v) is 23.6. The molecule has 0 aromatic heterocycles. The van der Waals surface area contributed by atoms with E-state index in [1.165, 1.54) is 77.0 Å². The number of esters is 2. The molecule has 3 atom stereocenters. The van der Waals surface area contributed by atoms with E-state index in [1.54, 1.807) is 6.08 Å². The smallest absolute Gasteiger partial charge is 0.462 e. The lowest BCUT2D eigenvalue weighted by atomic mass is 10.0. The SMILES string of the molecule is CC/C=C\C/C=C\CC(O)/C=C/C=C\C/C=C\CCCC(=O)OC(COC(=O)CCCCCCCCCCCCCCCCC)COP(=O)(O)OCC[N+](C)(C)C. The van der Waals surface area contributed by atoms with Gasteiger partial charge in [0.15, 0.2) is 6.10 Å². The van der Waals surface area contributed by atoms with Crippen molar-refractivity contribution in [3.05, 3.63) is 60.8 Å². The summed E-state index contributed by atoms with van der Waals surface area (Å²) in [6.45, 7) is 4.14. The molecule has 11 heteroatoms. The number of carbonyl (C=O) groups excluding carboxylic acids is 2. The zero-order valence-electron chi connectivity index (χ0n) is 36.7. The molecule has 57 heavy (non-hydrogen) atoms. The quantitative estimate of drug-likeness (QED) is 0.0155. The lowest BCUT2D eigenvalue weighted by Crippen LogP contribution is -2.37. The zero-order valence-corrected chi connectivity index (χ0v) is 37.6. The van der Waals surface area contributed by atoms with Gasteiger partial charge in [-0.2, -0.15) is 0 Å². The first kappa shape index (κ1) is 54.7. The van der Waals surface area contributed by atoms with Crippen LogP contribution in [0.4, 0.5) is 0 Å². The summed E-state index contributed by atoms with van der Waals surface area (Å²) >= 11 is 0. The molecule has 0 aromatic carbocycles. The molecule has 0 spiro atoms. The lowest BCUT2D eigenvalue weighted by Gasteiger charge is -2.24. The Bertz CT molecular complexity index is 1170. The number of phosphoric acid groups is 1. The third-order valence-electron chi connectivity index (χ3n) is 9.14. The summed E-state index contributed by atoms with van der Waals surface area (Å²) in [7, 11) is 1.40. The number of quaternary nitrogens is 1. The van der Waals surface area contributed by atoms with Crippen molar-refractivity contribution in [2.45, 2.75) is 174 Å². The molecule has 0 saturated carbocycles. The number of phosphoric ester groups is 1. The fourth-order valence-corrected chi connectivity index (χ4v) is 6.40. The fraction of sp³-hybridized carbons (Fsp3) is 0.739. The van der Waals surface area contributed by atoms with E-state index in [0.29, 0.717) is 30.3 Å². The highest BCUT2D eigenvalue weighted by Gasteiger charge is 2.27. The number of aliphatic hydroxyl groups is 1. The van der Waals surface area contributed by atoms with Crippen LogP contribution >= 0.6 is 7.82 Å². The van der Waals surface area contributed by atoms with Crippen molar-refractivity contribution in [3.63, 3.8) is 0 Å². The Labute approximate surface area is 348 Å². The number of unbranched alkanes of at least 4 members (excludes halogenated alkanes) is 15. The van der Waals surface area contributed by atoms with Gasteiger partial charge in [0.25, 0.3) is 0 Å². The van der Waals surface area contributed by atoms with Gasteiger partial charge in [-0.05, 0) is 44.9 Å². The second-order valence-electron chi connectivity index (χ2n) is 15.9. The maximum Gasteiger partial charge on any atom is 0.472 e. The summed E-state index contributed by atoms with van der Waals surface area (Å²) in [5.41, 5.74) is 0. The Morgan fingerprint density at radius 1 is 0.649 bits per heavy atom. The Morgan fingerprint density at radius 2 is 1.21 bits per heavy atom. The molecule has 0 aliphatic heterocycles. The number of aliphatic hydroxyl groups excluding tert-OH is 1. The maximum atomic E-state index is 12.7. The second kappa shape index (κ2) is 37.9. The van der Waals surface area contributed by atoms with Gasteiger partial charge in [-0.15, -0.1) is 0 Å². The van der Waals surface area contributed by atoms with Gasteiger partial charge >= 0.3 is 19.8 Å². The van der Waals surface area contributed by atoms with Crippen LogP contribution in [0.5, 0.6) is 0 Å². The van der Waals surface area contributed by atoms with Gasteiger partial charge in [-0.25, -0.2) is 4.57 Å². The minimum atomic E-state index is -4.41.